The van der Waals surface area contributed by atoms with Crippen molar-refractivity contribution in [3.05, 3.63) is 29.8 Å². The first-order chi connectivity index (χ1) is 9.47. The van der Waals surface area contributed by atoms with Crippen LogP contribution in [0.25, 0.3) is 0 Å². The molecule has 1 fully saturated rings. The number of sulfonamides is 1. The van der Waals surface area contributed by atoms with Crippen LogP contribution in [0.2, 0.25) is 0 Å². The van der Waals surface area contributed by atoms with Crippen LogP contribution in [-0.4, -0.2) is 15.0 Å². The van der Waals surface area contributed by atoms with Gasteiger partial charge in [0.15, 0.2) is 0 Å². The number of rotatable bonds is 7. The highest BCUT2D eigenvalue weighted by atomic mass is 32.2. The third-order valence-electron chi connectivity index (χ3n) is 4.03. The van der Waals surface area contributed by atoms with E-state index < -0.39 is 10.0 Å². The molecule has 0 radical (unpaired) electrons. The molecule has 0 atom stereocenters. The number of hydrogen-bond acceptors (Lipinski definition) is 2. The number of hydrogen-bond donors (Lipinski definition) is 1. The van der Waals surface area contributed by atoms with Gasteiger partial charge in [0.05, 0.1) is 4.90 Å². The van der Waals surface area contributed by atoms with Crippen LogP contribution >= 0.6 is 0 Å². The van der Waals surface area contributed by atoms with Crippen molar-refractivity contribution in [1.82, 2.24) is 4.72 Å². The van der Waals surface area contributed by atoms with E-state index in [1.165, 1.54) is 12.0 Å². The minimum absolute atomic E-state index is 0.380. The lowest BCUT2D eigenvalue weighted by atomic mass is 9.86. The Morgan fingerprint density at radius 1 is 1.20 bits per heavy atom. The number of aryl methyl sites for hydroxylation is 1. The van der Waals surface area contributed by atoms with Crippen molar-refractivity contribution in [2.45, 2.75) is 50.8 Å². The van der Waals surface area contributed by atoms with Crippen LogP contribution < -0.4 is 4.72 Å². The van der Waals surface area contributed by atoms with E-state index in [1.54, 1.807) is 12.1 Å². The van der Waals surface area contributed by atoms with Crippen LogP contribution in [0.3, 0.4) is 0 Å². The smallest absolute Gasteiger partial charge is 0.211 e. The summed E-state index contributed by atoms with van der Waals surface area (Å²) >= 11 is 0. The van der Waals surface area contributed by atoms with Gasteiger partial charge in [-0.25, -0.2) is 13.1 Å². The molecule has 0 heterocycles. The lowest BCUT2D eigenvalue weighted by molar-refractivity contribution is 0.316. The minimum Gasteiger partial charge on any atom is -0.211 e. The minimum atomic E-state index is -3.33. The highest BCUT2D eigenvalue weighted by molar-refractivity contribution is 7.89. The van der Waals surface area contributed by atoms with E-state index in [0.717, 1.165) is 25.7 Å². The Labute approximate surface area is 122 Å². The van der Waals surface area contributed by atoms with Crippen molar-refractivity contribution in [1.29, 1.82) is 0 Å². The number of benzene rings is 1. The molecule has 0 aromatic heterocycles. The fourth-order valence-corrected chi connectivity index (χ4v) is 3.41. The van der Waals surface area contributed by atoms with Gasteiger partial charge in [-0.05, 0) is 55.2 Å². The molecule has 0 unspecified atom stereocenters. The van der Waals surface area contributed by atoms with E-state index >= 15 is 0 Å². The van der Waals surface area contributed by atoms with Crippen LogP contribution in [0, 0.1) is 11.8 Å². The molecule has 0 amide bonds. The summed E-state index contributed by atoms with van der Waals surface area (Å²) in [5, 5.41) is 0. The molecule has 1 aliphatic rings. The van der Waals surface area contributed by atoms with Crippen molar-refractivity contribution in [2.75, 3.05) is 6.54 Å². The quantitative estimate of drug-likeness (QED) is 0.838. The summed E-state index contributed by atoms with van der Waals surface area (Å²) in [6.45, 7) is 4.98. The molecule has 0 spiro atoms. The van der Waals surface area contributed by atoms with Gasteiger partial charge in [-0.15, -0.1) is 0 Å². The number of nitrogens with one attached hydrogen (secondary N) is 1. The Bertz CT molecular complexity index is 516. The first kappa shape index (κ1) is 15.5. The molecule has 0 bridgehead atoms. The van der Waals surface area contributed by atoms with Crippen molar-refractivity contribution >= 4 is 10.0 Å². The predicted molar refractivity (Wildman–Crippen MR) is 82.1 cm³/mol. The molecule has 1 N–H and O–H groups in total. The summed E-state index contributed by atoms with van der Waals surface area (Å²) in [4.78, 5) is 0.380. The van der Waals surface area contributed by atoms with E-state index in [0.29, 0.717) is 23.3 Å². The van der Waals surface area contributed by atoms with Gasteiger partial charge in [0, 0.05) is 6.54 Å². The summed E-state index contributed by atoms with van der Waals surface area (Å²) < 4.78 is 27.0. The molecular formula is C16H25NO2S. The van der Waals surface area contributed by atoms with Crippen LogP contribution in [0.5, 0.6) is 0 Å². The van der Waals surface area contributed by atoms with Gasteiger partial charge >= 0.3 is 0 Å². The van der Waals surface area contributed by atoms with Crippen molar-refractivity contribution < 1.29 is 8.42 Å². The van der Waals surface area contributed by atoms with Crippen LogP contribution in [0.15, 0.2) is 29.2 Å². The second-order valence-corrected chi connectivity index (χ2v) is 7.99. The Morgan fingerprint density at radius 2 is 1.85 bits per heavy atom. The summed E-state index contributed by atoms with van der Waals surface area (Å²) in [7, 11) is -3.33. The summed E-state index contributed by atoms with van der Waals surface area (Å²) in [6, 6.07) is 7.30. The lowest BCUT2D eigenvalue weighted by Gasteiger charge is -2.25. The highest BCUT2D eigenvalue weighted by Crippen LogP contribution is 2.25. The Morgan fingerprint density at radius 3 is 2.35 bits per heavy atom. The molecular weight excluding hydrogens is 270 g/mol. The standard InChI is InChI=1S/C16H25NO2S/c1-13(2)6-7-14-8-10-16(11-9-14)20(18,19)17-12-15-4-3-5-15/h8-11,13,15,17H,3-7,12H2,1-2H3. The monoisotopic (exact) mass is 295 g/mol. The molecule has 3 nitrogen and oxygen atoms in total. The first-order valence-electron chi connectivity index (χ1n) is 7.56. The molecule has 0 aliphatic heterocycles. The largest absolute Gasteiger partial charge is 0.240 e. The second kappa shape index (κ2) is 6.72. The van der Waals surface area contributed by atoms with E-state index in [4.69, 9.17) is 0 Å². The molecule has 1 saturated carbocycles. The molecule has 1 aliphatic carbocycles. The molecule has 1 aromatic rings. The average Bonchev–Trinajstić information content (AvgIpc) is 2.35. The van der Waals surface area contributed by atoms with E-state index in [1.807, 2.05) is 12.1 Å². The molecule has 2 rings (SSSR count). The van der Waals surface area contributed by atoms with Crippen molar-refractivity contribution in [3.8, 4) is 0 Å². The average molecular weight is 295 g/mol. The molecule has 112 valence electrons. The molecule has 1 aromatic carbocycles. The lowest BCUT2D eigenvalue weighted by Crippen LogP contribution is -2.32. The predicted octanol–water partition coefficient (Wildman–Crippen LogP) is 3.35. The summed E-state index contributed by atoms with van der Waals surface area (Å²) in [5.74, 6) is 1.21. The van der Waals surface area contributed by atoms with Crippen molar-refractivity contribution in [2.24, 2.45) is 11.8 Å². The molecule has 0 saturated heterocycles. The zero-order valence-corrected chi connectivity index (χ0v) is 13.2. The van der Waals surface area contributed by atoms with Crippen LogP contribution in [0.4, 0.5) is 0 Å². The topological polar surface area (TPSA) is 46.2 Å². The third kappa shape index (κ3) is 4.32. The summed E-state index contributed by atoms with van der Waals surface area (Å²) in [5.41, 5.74) is 1.21. The highest BCUT2D eigenvalue weighted by Gasteiger charge is 2.21. The van der Waals surface area contributed by atoms with Gasteiger partial charge in [0.25, 0.3) is 0 Å². The Hall–Kier alpha value is -0.870. The maximum Gasteiger partial charge on any atom is 0.240 e. The maximum absolute atomic E-state index is 12.1. The van der Waals surface area contributed by atoms with Gasteiger partial charge in [-0.3, -0.25) is 0 Å². The fraction of sp³-hybridized carbons (Fsp3) is 0.625. The van der Waals surface area contributed by atoms with Gasteiger partial charge < -0.3 is 0 Å². The third-order valence-corrected chi connectivity index (χ3v) is 5.47. The fourth-order valence-electron chi connectivity index (χ4n) is 2.30. The van der Waals surface area contributed by atoms with E-state index in [-0.39, 0.29) is 0 Å². The first-order valence-corrected chi connectivity index (χ1v) is 9.04. The van der Waals surface area contributed by atoms with Gasteiger partial charge in [0.2, 0.25) is 10.0 Å². The van der Waals surface area contributed by atoms with E-state index in [2.05, 4.69) is 18.6 Å². The maximum atomic E-state index is 12.1. The normalized spacial score (nSPS) is 16.4. The van der Waals surface area contributed by atoms with Crippen LogP contribution in [-0.2, 0) is 16.4 Å². The second-order valence-electron chi connectivity index (χ2n) is 6.23. The Kier molecular flexibility index (Phi) is 5.22. The zero-order chi connectivity index (χ0) is 14.6. The SMILES string of the molecule is CC(C)CCc1ccc(S(=O)(=O)NCC2CCC2)cc1. The summed E-state index contributed by atoms with van der Waals surface area (Å²) in [6.07, 6.45) is 5.67. The van der Waals surface area contributed by atoms with Crippen LogP contribution in [0.1, 0.15) is 45.1 Å². The van der Waals surface area contributed by atoms with Gasteiger partial charge in [-0.2, -0.15) is 0 Å². The molecule has 4 heteroatoms. The Balaban J connectivity index is 1.93. The zero-order valence-electron chi connectivity index (χ0n) is 12.4. The van der Waals surface area contributed by atoms with Gasteiger partial charge in [-0.1, -0.05) is 32.4 Å². The molecule has 20 heavy (non-hydrogen) atoms. The van der Waals surface area contributed by atoms with Gasteiger partial charge in [0.1, 0.15) is 0 Å². The van der Waals surface area contributed by atoms with E-state index in [9.17, 15) is 8.42 Å². The van der Waals surface area contributed by atoms with Crippen molar-refractivity contribution in [3.63, 3.8) is 0 Å².